The first-order valence-electron chi connectivity index (χ1n) is 12.5. The summed E-state index contributed by atoms with van der Waals surface area (Å²) in [6.07, 6.45) is 4.07. The molecule has 1 fully saturated rings. The number of hydrogen-bond acceptors (Lipinski definition) is 7. The highest BCUT2D eigenvalue weighted by molar-refractivity contribution is 7.22. The van der Waals surface area contributed by atoms with Gasteiger partial charge in [-0.3, -0.25) is 4.79 Å². The van der Waals surface area contributed by atoms with Crippen LogP contribution in [0.25, 0.3) is 21.7 Å². The summed E-state index contributed by atoms with van der Waals surface area (Å²) in [7, 11) is 0. The van der Waals surface area contributed by atoms with E-state index >= 15 is 0 Å². The van der Waals surface area contributed by atoms with Gasteiger partial charge in [-0.05, 0) is 68.4 Å². The van der Waals surface area contributed by atoms with Crippen molar-refractivity contribution in [2.45, 2.75) is 53.5 Å². The van der Waals surface area contributed by atoms with E-state index in [1.165, 1.54) is 12.8 Å². The third kappa shape index (κ3) is 4.97. The van der Waals surface area contributed by atoms with Gasteiger partial charge in [0.25, 0.3) is 5.91 Å². The van der Waals surface area contributed by atoms with Gasteiger partial charge in [0.1, 0.15) is 17.8 Å². The molecule has 0 saturated carbocycles. The number of anilines is 2. The molecule has 0 bridgehead atoms. The normalized spacial score (nSPS) is 15.1. The van der Waals surface area contributed by atoms with Crippen molar-refractivity contribution in [2.75, 3.05) is 23.3 Å². The second-order valence-electron chi connectivity index (χ2n) is 10.8. The minimum Gasteiger partial charge on any atom is -0.348 e. The van der Waals surface area contributed by atoms with E-state index in [2.05, 4.69) is 60.0 Å². The molecule has 0 unspecified atom stereocenters. The van der Waals surface area contributed by atoms with Crippen molar-refractivity contribution in [1.82, 2.24) is 24.7 Å². The summed E-state index contributed by atoms with van der Waals surface area (Å²) in [4.78, 5) is 24.9. The number of fused-ring (bicyclic) bond motifs is 1. The molecule has 4 aromatic rings. The van der Waals surface area contributed by atoms with E-state index in [1.54, 1.807) is 23.7 Å². The van der Waals surface area contributed by atoms with Crippen molar-refractivity contribution in [3.63, 3.8) is 0 Å². The Morgan fingerprint density at radius 3 is 2.61 bits per heavy atom. The van der Waals surface area contributed by atoms with E-state index in [-0.39, 0.29) is 11.9 Å². The van der Waals surface area contributed by atoms with Crippen LogP contribution in [-0.4, -0.2) is 43.7 Å². The first kappa shape index (κ1) is 24.4. The molecule has 188 valence electrons. The molecule has 8 nitrogen and oxygen atoms in total. The number of aromatic nitrogens is 5. The molecule has 36 heavy (non-hydrogen) atoms. The van der Waals surface area contributed by atoms with Crippen LogP contribution in [0.1, 0.15) is 63.9 Å². The Bertz CT molecular complexity index is 1380. The largest absolute Gasteiger partial charge is 0.348 e. The highest BCUT2D eigenvalue weighted by atomic mass is 32.1. The Morgan fingerprint density at radius 2 is 1.89 bits per heavy atom. The van der Waals surface area contributed by atoms with Gasteiger partial charge in [-0.15, -0.1) is 10.2 Å². The fraction of sp³-hybridized carbons (Fsp3) is 0.444. The number of carbonyl (C=O) groups excluding carboxylic acids is 1. The second-order valence-corrected chi connectivity index (χ2v) is 11.8. The number of nitrogens with one attached hydrogen (secondary N) is 1. The highest BCUT2D eigenvalue weighted by Crippen LogP contribution is 2.37. The van der Waals surface area contributed by atoms with Gasteiger partial charge in [0.15, 0.2) is 11.0 Å². The van der Waals surface area contributed by atoms with Crippen molar-refractivity contribution in [3.05, 3.63) is 48.3 Å². The molecule has 0 aliphatic carbocycles. The number of hydrogen-bond donors (Lipinski definition) is 1. The van der Waals surface area contributed by atoms with Gasteiger partial charge in [0, 0.05) is 24.7 Å². The van der Waals surface area contributed by atoms with Gasteiger partial charge in [0.2, 0.25) is 0 Å². The number of piperidine rings is 1. The maximum Gasteiger partial charge on any atom is 0.256 e. The average molecular weight is 504 g/mol. The number of carbonyl (C=O) groups is 1. The molecular weight excluding hydrogens is 470 g/mol. The van der Waals surface area contributed by atoms with Gasteiger partial charge < -0.3 is 14.8 Å². The zero-order valence-corrected chi connectivity index (χ0v) is 22.3. The third-order valence-electron chi connectivity index (χ3n) is 6.98. The Kier molecular flexibility index (Phi) is 6.51. The molecule has 4 heterocycles. The van der Waals surface area contributed by atoms with Crippen LogP contribution in [0.2, 0.25) is 0 Å². The Balaban J connectivity index is 1.30. The number of amides is 1. The monoisotopic (exact) mass is 503 g/mol. The summed E-state index contributed by atoms with van der Waals surface area (Å²) >= 11 is 1.66. The topological polar surface area (TPSA) is 88.8 Å². The Hall–Kier alpha value is -3.33. The van der Waals surface area contributed by atoms with Crippen LogP contribution in [0.4, 0.5) is 10.9 Å². The summed E-state index contributed by atoms with van der Waals surface area (Å²) in [6, 6.07) is 11.4. The van der Waals surface area contributed by atoms with Crippen molar-refractivity contribution < 1.29 is 4.79 Å². The predicted molar refractivity (Wildman–Crippen MR) is 146 cm³/mol. The summed E-state index contributed by atoms with van der Waals surface area (Å²) < 4.78 is 2.97. The third-order valence-corrected chi connectivity index (χ3v) is 8.06. The first-order valence-corrected chi connectivity index (χ1v) is 13.3. The van der Waals surface area contributed by atoms with E-state index in [9.17, 15) is 4.79 Å². The van der Waals surface area contributed by atoms with E-state index in [0.29, 0.717) is 28.3 Å². The second kappa shape index (κ2) is 9.61. The molecule has 1 saturated heterocycles. The molecule has 0 spiro atoms. The predicted octanol–water partition coefficient (Wildman–Crippen LogP) is 6.05. The first-order chi connectivity index (χ1) is 17.2. The minimum atomic E-state index is -0.201. The zero-order chi connectivity index (χ0) is 25.4. The Morgan fingerprint density at radius 1 is 1.11 bits per heavy atom. The number of nitrogens with zero attached hydrogens (tertiary/aromatic N) is 6. The maximum atomic E-state index is 13.1. The molecular formula is C27H33N7OS. The molecule has 1 N–H and O–H groups in total. The lowest BCUT2D eigenvalue weighted by Crippen LogP contribution is -2.37. The highest BCUT2D eigenvalue weighted by Gasteiger charge is 2.29. The van der Waals surface area contributed by atoms with E-state index < -0.39 is 0 Å². The van der Waals surface area contributed by atoms with E-state index in [4.69, 9.17) is 4.98 Å². The molecule has 1 amide bonds. The fourth-order valence-electron chi connectivity index (χ4n) is 4.75. The van der Waals surface area contributed by atoms with E-state index in [0.717, 1.165) is 34.4 Å². The zero-order valence-electron chi connectivity index (χ0n) is 21.5. The average Bonchev–Trinajstić information content (AvgIpc) is 3.51. The molecule has 1 aliphatic rings. The maximum absolute atomic E-state index is 13.1. The van der Waals surface area contributed by atoms with Crippen molar-refractivity contribution in [3.8, 4) is 11.5 Å². The van der Waals surface area contributed by atoms with Crippen LogP contribution in [0.15, 0.2) is 42.7 Å². The summed E-state index contributed by atoms with van der Waals surface area (Å²) in [5.74, 6) is 1.69. The van der Waals surface area contributed by atoms with Crippen LogP contribution >= 0.6 is 11.3 Å². The standard InChI is InChI=1S/C27H33N7OS/c1-17(2)34-16-28-32-24(34)21-7-6-8-23(29-21)31-25(35)18-9-10-20-22(15-18)36-26(30-20)33-13-11-19(12-14-33)27(3,4)5/h6-10,15-17,19H,11-14H2,1-5H3,(H,29,31,35). The van der Waals surface area contributed by atoms with Crippen LogP contribution in [0, 0.1) is 11.3 Å². The molecule has 9 heteroatoms. The van der Waals surface area contributed by atoms with Gasteiger partial charge in [-0.25, -0.2) is 9.97 Å². The molecule has 3 aromatic heterocycles. The SMILES string of the molecule is CC(C)n1cnnc1-c1cccc(NC(=O)c2ccc3nc(N4CCC(C(C)(C)C)CC4)sc3c2)n1. The van der Waals surface area contributed by atoms with Crippen LogP contribution in [0.3, 0.4) is 0 Å². The Labute approximate surface area is 215 Å². The number of thiazole rings is 1. The summed E-state index contributed by atoms with van der Waals surface area (Å²) in [5.41, 5.74) is 2.53. The lowest BCUT2D eigenvalue weighted by atomic mass is 9.75. The fourth-order valence-corrected chi connectivity index (χ4v) is 5.80. The van der Waals surface area contributed by atoms with Gasteiger partial charge >= 0.3 is 0 Å². The molecule has 5 rings (SSSR count). The van der Waals surface area contributed by atoms with Crippen molar-refractivity contribution >= 4 is 38.4 Å². The van der Waals surface area contributed by atoms with Gasteiger partial charge in [-0.1, -0.05) is 38.2 Å². The smallest absolute Gasteiger partial charge is 0.256 e. The molecule has 0 atom stereocenters. The van der Waals surface area contributed by atoms with Gasteiger partial charge in [0.05, 0.1) is 10.2 Å². The van der Waals surface area contributed by atoms with Crippen LogP contribution in [0.5, 0.6) is 0 Å². The molecule has 0 radical (unpaired) electrons. The number of benzene rings is 1. The quantitative estimate of drug-likeness (QED) is 0.357. The van der Waals surface area contributed by atoms with E-state index in [1.807, 2.05) is 34.9 Å². The summed E-state index contributed by atoms with van der Waals surface area (Å²) in [5, 5.41) is 12.2. The lowest BCUT2D eigenvalue weighted by molar-refractivity contribution is 0.102. The molecule has 1 aliphatic heterocycles. The molecule has 1 aromatic carbocycles. The number of pyridine rings is 1. The number of rotatable bonds is 5. The van der Waals surface area contributed by atoms with Crippen LogP contribution in [-0.2, 0) is 0 Å². The van der Waals surface area contributed by atoms with Crippen molar-refractivity contribution in [2.24, 2.45) is 11.3 Å². The summed E-state index contributed by atoms with van der Waals surface area (Å²) in [6.45, 7) is 13.2. The lowest BCUT2D eigenvalue weighted by Gasteiger charge is -2.38. The minimum absolute atomic E-state index is 0.201. The van der Waals surface area contributed by atoms with Crippen LogP contribution < -0.4 is 10.2 Å². The van der Waals surface area contributed by atoms with Crippen molar-refractivity contribution in [1.29, 1.82) is 0 Å². The van der Waals surface area contributed by atoms with Gasteiger partial charge in [-0.2, -0.15) is 0 Å².